The molecule has 7 rings (SSSR count). The van der Waals surface area contributed by atoms with Gasteiger partial charge in [-0.3, -0.25) is 4.90 Å². The molecule has 0 atom stereocenters. The molecule has 1 aliphatic heterocycles. The van der Waals surface area contributed by atoms with Gasteiger partial charge in [-0.1, -0.05) is 100 Å². The molecule has 1 aliphatic rings. The van der Waals surface area contributed by atoms with Crippen LogP contribution in [0.4, 0.5) is 17.2 Å². The van der Waals surface area contributed by atoms with E-state index in [1.807, 2.05) is 60.8 Å². The maximum atomic E-state index is 11.5. The van der Waals surface area contributed by atoms with Crippen LogP contribution in [0.15, 0.2) is 115 Å². The highest BCUT2D eigenvalue weighted by Crippen LogP contribution is 2.52. The summed E-state index contributed by atoms with van der Waals surface area (Å²) in [7, 11) is 0. The monoisotopic (exact) mass is 571 g/mol. The number of fused-ring (bicyclic) bond motifs is 3. The fraction of sp³-hybridized carbons (Fsp3) is 0.150. The number of para-hydroxylation sites is 1. The van der Waals surface area contributed by atoms with Crippen molar-refractivity contribution in [3.05, 3.63) is 143 Å². The zero-order valence-electron chi connectivity index (χ0n) is 25.3. The summed E-state index contributed by atoms with van der Waals surface area (Å²) in [4.78, 5) is 12.1. The Morgan fingerprint density at radius 2 is 1.50 bits per heavy atom. The topological polar surface area (TPSA) is 49.3 Å². The third-order valence-corrected chi connectivity index (χ3v) is 8.63. The summed E-state index contributed by atoms with van der Waals surface area (Å²) in [6, 6.07) is 37.1. The van der Waals surface area contributed by atoms with E-state index in [4.69, 9.17) is 9.97 Å². The van der Waals surface area contributed by atoms with Gasteiger partial charge in [0.25, 0.3) is 0 Å². The van der Waals surface area contributed by atoms with Gasteiger partial charge in [0.2, 0.25) is 0 Å². The molecule has 0 aliphatic carbocycles. The van der Waals surface area contributed by atoms with Crippen LogP contribution < -0.4 is 4.90 Å². The van der Waals surface area contributed by atoms with E-state index in [-0.39, 0.29) is 17.1 Å². The molecule has 3 heterocycles. The predicted octanol–water partition coefficient (Wildman–Crippen LogP) is 9.63. The van der Waals surface area contributed by atoms with Gasteiger partial charge in [-0.15, -0.1) is 0 Å². The highest BCUT2D eigenvalue weighted by atomic mass is 16.3. The minimum atomic E-state index is -0.205. The molecule has 4 aromatic carbocycles. The predicted molar refractivity (Wildman–Crippen MR) is 180 cm³/mol. The molecule has 0 amide bonds. The molecular weight excluding hydrogens is 538 g/mol. The summed E-state index contributed by atoms with van der Waals surface area (Å²) >= 11 is 0. The Morgan fingerprint density at radius 3 is 2.27 bits per heavy atom. The Bertz CT molecular complexity index is 2090. The van der Waals surface area contributed by atoms with Gasteiger partial charge >= 0.3 is 0 Å². The summed E-state index contributed by atoms with van der Waals surface area (Å²) in [5.41, 5.74) is 9.37. The highest BCUT2D eigenvalue weighted by Gasteiger charge is 2.37. The van der Waals surface area contributed by atoms with Crippen LogP contribution in [-0.4, -0.2) is 15.1 Å². The molecule has 0 saturated heterocycles. The van der Waals surface area contributed by atoms with Gasteiger partial charge in [-0.2, -0.15) is 0 Å². The Hall–Kier alpha value is -5.40. The van der Waals surface area contributed by atoms with Crippen LogP contribution in [0.2, 0.25) is 0 Å². The summed E-state index contributed by atoms with van der Waals surface area (Å²) in [6.45, 7) is 8.86. The minimum Gasteiger partial charge on any atom is -0.504 e. The first-order chi connectivity index (χ1) is 21.3. The van der Waals surface area contributed by atoms with Crippen molar-refractivity contribution in [3.63, 3.8) is 0 Å². The summed E-state index contributed by atoms with van der Waals surface area (Å²) in [5, 5.41) is 12.4. The molecule has 0 unspecified atom stereocenters. The second kappa shape index (κ2) is 10.7. The van der Waals surface area contributed by atoms with Gasteiger partial charge in [-0.25, -0.2) is 9.97 Å². The standard InChI is InChI=1S/C40H33N3O/c1-26(2)31-24-29(18-17-27-12-6-5-7-13-27)39(44)38-30(31)20-22-34(42-38)28-19-21-33-36(25-28)43(37-16-10-11-23-41-37)35-15-9-8-14-32(35)40(33,3)4/h5-16,19-26,44H,1-4H3. The van der Waals surface area contributed by atoms with Gasteiger partial charge < -0.3 is 5.11 Å². The number of rotatable bonds is 3. The maximum Gasteiger partial charge on any atom is 0.157 e. The largest absolute Gasteiger partial charge is 0.504 e. The molecule has 4 nitrogen and oxygen atoms in total. The van der Waals surface area contributed by atoms with Crippen LogP contribution in [0.3, 0.4) is 0 Å². The van der Waals surface area contributed by atoms with Crippen LogP contribution >= 0.6 is 0 Å². The Kier molecular flexibility index (Phi) is 6.67. The first-order valence-corrected chi connectivity index (χ1v) is 15.0. The van der Waals surface area contributed by atoms with E-state index >= 15 is 0 Å². The van der Waals surface area contributed by atoms with Crippen molar-refractivity contribution < 1.29 is 5.11 Å². The van der Waals surface area contributed by atoms with Gasteiger partial charge in [-0.05, 0) is 71.1 Å². The normalized spacial score (nSPS) is 13.2. The molecule has 6 aromatic rings. The van der Waals surface area contributed by atoms with Crippen molar-refractivity contribution in [2.45, 2.75) is 39.0 Å². The maximum absolute atomic E-state index is 11.5. The molecule has 1 N–H and O–H groups in total. The van der Waals surface area contributed by atoms with E-state index < -0.39 is 0 Å². The van der Waals surface area contributed by atoms with Crippen molar-refractivity contribution >= 4 is 28.1 Å². The van der Waals surface area contributed by atoms with Gasteiger partial charge in [0, 0.05) is 28.1 Å². The molecule has 0 bridgehead atoms. The van der Waals surface area contributed by atoms with Crippen molar-refractivity contribution in [1.29, 1.82) is 0 Å². The van der Waals surface area contributed by atoms with Crippen LogP contribution in [0.1, 0.15) is 61.4 Å². The molecular formula is C40H33N3O. The molecule has 44 heavy (non-hydrogen) atoms. The first-order valence-electron chi connectivity index (χ1n) is 15.0. The van der Waals surface area contributed by atoms with Crippen molar-refractivity contribution in [2.75, 3.05) is 4.90 Å². The molecule has 2 aromatic heterocycles. The lowest BCUT2D eigenvalue weighted by Crippen LogP contribution is -2.30. The Morgan fingerprint density at radius 1 is 0.750 bits per heavy atom. The number of hydrogen-bond donors (Lipinski definition) is 1. The lowest BCUT2D eigenvalue weighted by Gasteiger charge is -2.41. The SMILES string of the molecule is CC(C)c1cc(C#Cc2ccccc2)c(O)c2nc(-c3ccc4c(c3)N(c3ccccn3)c3ccccc3C4(C)C)ccc12. The summed E-state index contributed by atoms with van der Waals surface area (Å²) in [6.07, 6.45) is 1.83. The zero-order valence-corrected chi connectivity index (χ0v) is 25.3. The van der Waals surface area contributed by atoms with Crippen LogP contribution in [0, 0.1) is 11.8 Å². The number of hydrogen-bond acceptors (Lipinski definition) is 4. The molecule has 0 fully saturated rings. The molecule has 0 spiro atoms. The van der Waals surface area contributed by atoms with Crippen molar-refractivity contribution in [2.24, 2.45) is 0 Å². The quantitative estimate of drug-likeness (QED) is 0.215. The summed E-state index contributed by atoms with van der Waals surface area (Å²) < 4.78 is 0. The number of pyridine rings is 2. The van der Waals surface area contributed by atoms with E-state index in [9.17, 15) is 5.11 Å². The number of phenols is 1. The van der Waals surface area contributed by atoms with E-state index in [2.05, 4.69) is 99.0 Å². The van der Waals surface area contributed by atoms with Crippen molar-refractivity contribution in [3.8, 4) is 28.8 Å². The smallest absolute Gasteiger partial charge is 0.157 e. The number of anilines is 3. The Balaban J connectivity index is 1.40. The van der Waals surface area contributed by atoms with Gasteiger partial charge in [0.15, 0.2) is 5.75 Å². The van der Waals surface area contributed by atoms with E-state index in [0.717, 1.165) is 45.0 Å². The fourth-order valence-electron chi connectivity index (χ4n) is 6.31. The van der Waals surface area contributed by atoms with E-state index in [1.54, 1.807) is 0 Å². The minimum absolute atomic E-state index is 0.109. The molecule has 4 heteroatoms. The highest BCUT2D eigenvalue weighted by molar-refractivity contribution is 5.93. The van der Waals surface area contributed by atoms with Crippen LogP contribution in [0.5, 0.6) is 5.75 Å². The third kappa shape index (κ3) is 4.58. The average molecular weight is 572 g/mol. The van der Waals surface area contributed by atoms with E-state index in [1.165, 1.54) is 11.1 Å². The average Bonchev–Trinajstić information content (AvgIpc) is 3.05. The zero-order chi connectivity index (χ0) is 30.4. The fourth-order valence-corrected chi connectivity index (χ4v) is 6.31. The molecule has 0 radical (unpaired) electrons. The van der Waals surface area contributed by atoms with Crippen LogP contribution in [0.25, 0.3) is 22.2 Å². The van der Waals surface area contributed by atoms with Crippen LogP contribution in [-0.2, 0) is 5.41 Å². The number of nitrogens with zero attached hydrogens (tertiary/aromatic N) is 3. The number of benzene rings is 4. The number of aromatic hydroxyl groups is 1. The number of aromatic nitrogens is 2. The molecule has 0 saturated carbocycles. The summed E-state index contributed by atoms with van der Waals surface area (Å²) in [5.74, 6) is 7.61. The van der Waals surface area contributed by atoms with Gasteiger partial charge in [0.1, 0.15) is 11.3 Å². The molecule has 214 valence electrons. The number of phenolic OH excluding ortho intramolecular Hbond substituents is 1. The first kappa shape index (κ1) is 27.4. The Labute approximate surface area is 258 Å². The lowest BCUT2D eigenvalue weighted by atomic mass is 9.73. The van der Waals surface area contributed by atoms with Crippen molar-refractivity contribution in [1.82, 2.24) is 9.97 Å². The van der Waals surface area contributed by atoms with Gasteiger partial charge in [0.05, 0.1) is 22.6 Å². The second-order valence-electron chi connectivity index (χ2n) is 12.1. The second-order valence-corrected chi connectivity index (χ2v) is 12.1. The lowest BCUT2D eigenvalue weighted by molar-refractivity contribution is 0.478. The van der Waals surface area contributed by atoms with E-state index in [0.29, 0.717) is 11.1 Å². The third-order valence-electron chi connectivity index (χ3n) is 8.63.